The summed E-state index contributed by atoms with van der Waals surface area (Å²) in [7, 11) is 0. The highest BCUT2D eigenvalue weighted by atomic mass is 35.5. The zero-order valence-corrected chi connectivity index (χ0v) is 13.9. The summed E-state index contributed by atoms with van der Waals surface area (Å²) in [5.74, 6) is 0.478. The molecule has 2 aromatic carbocycles. The second-order valence-corrected chi connectivity index (χ2v) is 5.38. The van der Waals surface area contributed by atoms with Crippen LogP contribution in [0.3, 0.4) is 0 Å². The molecule has 0 atom stereocenters. The maximum Gasteiger partial charge on any atom is 0.330 e. The average molecular weight is 352 g/mol. The van der Waals surface area contributed by atoms with Gasteiger partial charge in [0.25, 0.3) is 0 Å². The molecule has 0 saturated heterocycles. The van der Waals surface area contributed by atoms with Crippen molar-refractivity contribution in [2.24, 2.45) is 0 Å². The van der Waals surface area contributed by atoms with E-state index in [1.165, 1.54) is 6.08 Å². The lowest BCUT2D eigenvalue weighted by molar-refractivity contribution is -0.137. The van der Waals surface area contributed by atoms with E-state index in [2.05, 4.69) is 0 Å². The topological polar surface area (TPSA) is 61.5 Å². The molecule has 0 spiro atoms. The van der Waals surface area contributed by atoms with Gasteiger partial charge in [0.1, 0.15) is 5.75 Å². The molecule has 0 aliphatic heterocycles. The van der Waals surface area contributed by atoms with E-state index in [4.69, 9.17) is 38.4 Å². The Labute approximate surface area is 144 Å². The van der Waals surface area contributed by atoms with Crippen molar-refractivity contribution in [1.82, 2.24) is 0 Å². The van der Waals surface area contributed by atoms with Gasteiger partial charge in [0, 0.05) is 11.8 Å². The summed E-state index contributed by atoms with van der Waals surface area (Å²) < 4.78 is 10.5. The van der Waals surface area contributed by atoms with Gasteiger partial charge < -0.3 is 15.2 Å². The number of carbonyl (C=O) groups is 1. The van der Waals surface area contributed by atoms with E-state index in [1.54, 1.807) is 49.4 Å². The smallest absolute Gasteiger partial charge is 0.330 e. The molecule has 2 rings (SSSR count). The fraction of sp³-hybridized carbons (Fsp3) is 0.118. The molecule has 0 aromatic heterocycles. The van der Waals surface area contributed by atoms with Crippen LogP contribution in [0, 0.1) is 0 Å². The number of carbonyl (C=O) groups excluding carboxylic acids is 1. The summed E-state index contributed by atoms with van der Waals surface area (Å²) in [5.41, 5.74) is 6.92. The van der Waals surface area contributed by atoms with E-state index < -0.39 is 5.97 Å². The summed E-state index contributed by atoms with van der Waals surface area (Å²) in [6.45, 7) is 2.06. The number of nitrogen functional groups attached to an aromatic ring is 1. The Balaban J connectivity index is 2.20. The van der Waals surface area contributed by atoms with Gasteiger partial charge in [0.15, 0.2) is 5.75 Å². The Morgan fingerprint density at radius 3 is 2.35 bits per heavy atom. The molecule has 0 aliphatic carbocycles. The Morgan fingerprint density at radius 1 is 1.17 bits per heavy atom. The highest BCUT2D eigenvalue weighted by molar-refractivity contribution is 6.37. The SMILES string of the molecule is CCOC(=O)/C=C/c1cc(Cl)c(Oc2ccc(N)cc2)c(Cl)c1. The Morgan fingerprint density at radius 2 is 1.78 bits per heavy atom. The molecular formula is C17H15Cl2NO3. The van der Waals surface area contributed by atoms with Gasteiger partial charge in [-0.15, -0.1) is 0 Å². The van der Waals surface area contributed by atoms with Crippen LogP contribution in [0.15, 0.2) is 42.5 Å². The largest absolute Gasteiger partial charge is 0.463 e. The number of anilines is 1. The number of rotatable bonds is 5. The molecule has 0 unspecified atom stereocenters. The van der Waals surface area contributed by atoms with Crippen molar-refractivity contribution in [3.05, 3.63) is 58.1 Å². The second kappa shape index (κ2) is 7.90. The highest BCUT2D eigenvalue weighted by Crippen LogP contribution is 2.37. The van der Waals surface area contributed by atoms with Crippen molar-refractivity contribution in [1.29, 1.82) is 0 Å². The molecule has 0 aliphatic rings. The predicted molar refractivity (Wildman–Crippen MR) is 93.1 cm³/mol. The summed E-state index contributed by atoms with van der Waals surface area (Å²) in [4.78, 5) is 11.3. The lowest BCUT2D eigenvalue weighted by Gasteiger charge is -2.10. The first kappa shape index (κ1) is 17.2. The fourth-order valence-corrected chi connectivity index (χ4v) is 2.36. The van der Waals surface area contributed by atoms with E-state index in [0.29, 0.717) is 39.4 Å². The molecule has 23 heavy (non-hydrogen) atoms. The van der Waals surface area contributed by atoms with Crippen molar-refractivity contribution in [3.8, 4) is 11.5 Å². The first-order valence-corrected chi connectivity index (χ1v) is 7.62. The zero-order valence-electron chi connectivity index (χ0n) is 12.4. The third-order valence-electron chi connectivity index (χ3n) is 2.82. The van der Waals surface area contributed by atoms with Crippen molar-refractivity contribution < 1.29 is 14.3 Å². The van der Waals surface area contributed by atoms with E-state index >= 15 is 0 Å². The van der Waals surface area contributed by atoms with Gasteiger partial charge in [0.05, 0.1) is 16.7 Å². The van der Waals surface area contributed by atoms with Crippen molar-refractivity contribution in [2.75, 3.05) is 12.3 Å². The van der Waals surface area contributed by atoms with Gasteiger partial charge in [0.2, 0.25) is 0 Å². The van der Waals surface area contributed by atoms with Crippen LogP contribution in [0.2, 0.25) is 10.0 Å². The van der Waals surface area contributed by atoms with Crippen LogP contribution < -0.4 is 10.5 Å². The molecule has 120 valence electrons. The maximum absolute atomic E-state index is 11.3. The number of esters is 1. The van der Waals surface area contributed by atoms with Crippen molar-refractivity contribution in [3.63, 3.8) is 0 Å². The van der Waals surface area contributed by atoms with Gasteiger partial charge >= 0.3 is 5.97 Å². The van der Waals surface area contributed by atoms with Crippen LogP contribution in [0.5, 0.6) is 11.5 Å². The van der Waals surface area contributed by atoms with Crippen LogP contribution >= 0.6 is 23.2 Å². The van der Waals surface area contributed by atoms with E-state index in [9.17, 15) is 4.79 Å². The summed E-state index contributed by atoms with van der Waals surface area (Å²) >= 11 is 12.4. The Bertz CT molecular complexity index is 704. The molecule has 2 N–H and O–H groups in total. The third kappa shape index (κ3) is 4.91. The van der Waals surface area contributed by atoms with Crippen LogP contribution in [0.4, 0.5) is 5.69 Å². The number of ether oxygens (including phenoxy) is 2. The molecule has 0 bridgehead atoms. The average Bonchev–Trinajstić information content (AvgIpc) is 2.51. The molecule has 4 nitrogen and oxygen atoms in total. The van der Waals surface area contributed by atoms with E-state index in [-0.39, 0.29) is 0 Å². The molecule has 6 heteroatoms. The van der Waals surface area contributed by atoms with Gasteiger partial charge in [-0.2, -0.15) is 0 Å². The van der Waals surface area contributed by atoms with Gasteiger partial charge in [-0.25, -0.2) is 4.79 Å². The van der Waals surface area contributed by atoms with Gasteiger partial charge in [-0.3, -0.25) is 0 Å². The third-order valence-corrected chi connectivity index (χ3v) is 3.38. The second-order valence-electron chi connectivity index (χ2n) is 4.57. The first-order valence-electron chi connectivity index (χ1n) is 6.87. The molecule has 2 aromatic rings. The zero-order chi connectivity index (χ0) is 16.8. The minimum Gasteiger partial charge on any atom is -0.463 e. The Kier molecular flexibility index (Phi) is 5.90. The van der Waals surface area contributed by atoms with E-state index in [0.717, 1.165) is 0 Å². The van der Waals surface area contributed by atoms with Crippen molar-refractivity contribution in [2.45, 2.75) is 6.92 Å². The normalized spacial score (nSPS) is 10.7. The molecule has 0 heterocycles. The fourth-order valence-electron chi connectivity index (χ4n) is 1.78. The van der Waals surface area contributed by atoms with Crippen molar-refractivity contribution >= 4 is 40.9 Å². The monoisotopic (exact) mass is 351 g/mol. The van der Waals surface area contributed by atoms with E-state index in [1.807, 2.05) is 0 Å². The number of benzene rings is 2. The number of halogens is 2. The number of hydrogen-bond acceptors (Lipinski definition) is 4. The lowest BCUT2D eigenvalue weighted by atomic mass is 10.2. The van der Waals surface area contributed by atoms with Crippen LogP contribution in [-0.4, -0.2) is 12.6 Å². The minimum atomic E-state index is -0.429. The number of nitrogens with two attached hydrogens (primary N) is 1. The minimum absolute atomic E-state index is 0.319. The summed E-state index contributed by atoms with van der Waals surface area (Å²) in [6.07, 6.45) is 2.88. The maximum atomic E-state index is 11.3. The van der Waals surface area contributed by atoms with Crippen LogP contribution in [0.1, 0.15) is 12.5 Å². The molecule has 0 amide bonds. The van der Waals surface area contributed by atoms with Gasteiger partial charge in [-0.1, -0.05) is 23.2 Å². The summed E-state index contributed by atoms with van der Waals surface area (Å²) in [6, 6.07) is 10.2. The molecular weight excluding hydrogens is 337 g/mol. The Hall–Kier alpha value is -2.17. The standard InChI is InChI=1S/C17H15Cl2NO3/c1-2-22-16(21)8-3-11-9-14(18)17(15(19)10-11)23-13-6-4-12(20)5-7-13/h3-10H,2,20H2,1H3/b8-3+. The summed E-state index contributed by atoms with van der Waals surface area (Å²) in [5, 5.41) is 0.663. The highest BCUT2D eigenvalue weighted by Gasteiger charge is 2.10. The van der Waals surface area contributed by atoms with Crippen LogP contribution in [0.25, 0.3) is 6.08 Å². The number of hydrogen-bond donors (Lipinski definition) is 1. The van der Waals surface area contributed by atoms with Crippen LogP contribution in [-0.2, 0) is 9.53 Å². The van der Waals surface area contributed by atoms with Gasteiger partial charge in [-0.05, 0) is 55.0 Å². The quantitative estimate of drug-likeness (QED) is 0.470. The lowest BCUT2D eigenvalue weighted by Crippen LogP contribution is -1.98. The molecule has 0 saturated carbocycles. The molecule has 0 radical (unpaired) electrons. The predicted octanol–water partition coefficient (Wildman–Crippen LogP) is 4.94. The first-order chi connectivity index (χ1) is 11.0. The molecule has 0 fully saturated rings.